The first kappa shape index (κ1) is 11.3. The molecule has 2 heterocycles. The fourth-order valence-electron chi connectivity index (χ4n) is 1.93. The van der Waals surface area contributed by atoms with Gasteiger partial charge in [-0.25, -0.2) is 4.98 Å². The average molecular weight is 274 g/mol. The zero-order chi connectivity index (χ0) is 12.7. The van der Waals surface area contributed by atoms with Crippen molar-refractivity contribution in [3.63, 3.8) is 0 Å². The topological polar surface area (TPSA) is 41.6 Å². The molecule has 2 aromatic heterocycles. The summed E-state index contributed by atoms with van der Waals surface area (Å²) < 4.78 is 1.99. The fourth-order valence-corrected chi connectivity index (χ4v) is 3.09. The Morgan fingerprint density at radius 3 is 2.89 bits per heavy atom. The van der Waals surface area contributed by atoms with E-state index in [4.69, 9.17) is 16.9 Å². The van der Waals surface area contributed by atoms with E-state index in [0.717, 1.165) is 21.7 Å². The molecule has 3 rings (SSSR count). The Balaban J connectivity index is 2.30. The summed E-state index contributed by atoms with van der Waals surface area (Å²) in [6.07, 6.45) is 0. The van der Waals surface area contributed by atoms with Gasteiger partial charge in [0.15, 0.2) is 5.82 Å². The highest BCUT2D eigenvalue weighted by atomic mass is 35.5. The van der Waals surface area contributed by atoms with Gasteiger partial charge in [0.1, 0.15) is 0 Å². The summed E-state index contributed by atoms with van der Waals surface area (Å²) >= 11 is 7.70. The number of benzene rings is 1. The van der Waals surface area contributed by atoms with Gasteiger partial charge < -0.3 is 4.57 Å². The second kappa shape index (κ2) is 4.13. The van der Waals surface area contributed by atoms with Crippen LogP contribution in [-0.4, -0.2) is 9.55 Å². The molecular weight excluding hydrogens is 266 g/mol. The minimum Gasteiger partial charge on any atom is -0.326 e. The van der Waals surface area contributed by atoms with Crippen molar-refractivity contribution >= 4 is 34.0 Å². The monoisotopic (exact) mass is 273 g/mol. The standard InChI is InChI=1S/C13H8ClN3S/c1-17-11-3-2-8(7-15)6-10(11)16-13(17)12-9(14)4-5-18-12/h2-6H,1H3. The molecule has 0 saturated carbocycles. The Kier molecular flexibility index (Phi) is 2.58. The molecule has 0 bridgehead atoms. The van der Waals surface area contributed by atoms with Crippen molar-refractivity contribution < 1.29 is 0 Å². The number of imidazole rings is 1. The molecule has 3 aromatic rings. The van der Waals surface area contributed by atoms with E-state index in [1.54, 1.807) is 23.5 Å². The van der Waals surface area contributed by atoms with Crippen LogP contribution in [0.2, 0.25) is 5.02 Å². The molecule has 3 nitrogen and oxygen atoms in total. The quantitative estimate of drug-likeness (QED) is 0.676. The number of nitriles is 1. The van der Waals surface area contributed by atoms with Crippen LogP contribution in [0.5, 0.6) is 0 Å². The molecule has 88 valence electrons. The predicted octanol–water partition coefficient (Wildman–Crippen LogP) is 3.83. The summed E-state index contributed by atoms with van der Waals surface area (Å²) in [4.78, 5) is 5.51. The van der Waals surface area contributed by atoms with Crippen molar-refractivity contribution in [2.24, 2.45) is 7.05 Å². The van der Waals surface area contributed by atoms with Crippen molar-refractivity contribution in [2.45, 2.75) is 0 Å². The molecule has 0 saturated heterocycles. The molecule has 0 aliphatic carbocycles. The van der Waals surface area contributed by atoms with Crippen LogP contribution >= 0.6 is 22.9 Å². The average Bonchev–Trinajstić information content (AvgIpc) is 2.93. The van der Waals surface area contributed by atoms with Gasteiger partial charge in [0.05, 0.1) is 32.6 Å². The lowest BCUT2D eigenvalue weighted by Gasteiger charge is -1.99. The second-order valence-electron chi connectivity index (χ2n) is 3.91. The normalized spacial score (nSPS) is 10.7. The third-order valence-electron chi connectivity index (χ3n) is 2.83. The van der Waals surface area contributed by atoms with E-state index in [1.165, 1.54) is 0 Å². The SMILES string of the molecule is Cn1c(-c2sccc2Cl)nc2cc(C#N)ccc21. The molecule has 0 fully saturated rings. The number of aromatic nitrogens is 2. The summed E-state index contributed by atoms with van der Waals surface area (Å²) in [6.45, 7) is 0. The lowest BCUT2D eigenvalue weighted by Crippen LogP contribution is -1.90. The molecule has 0 amide bonds. The van der Waals surface area contributed by atoms with Crippen molar-refractivity contribution in [3.8, 4) is 16.8 Å². The molecule has 18 heavy (non-hydrogen) atoms. The number of fused-ring (bicyclic) bond motifs is 1. The van der Waals surface area contributed by atoms with Crippen LogP contribution in [0.1, 0.15) is 5.56 Å². The maximum Gasteiger partial charge on any atom is 0.152 e. The molecule has 0 radical (unpaired) electrons. The first-order chi connectivity index (χ1) is 8.70. The van der Waals surface area contributed by atoms with E-state index in [0.29, 0.717) is 10.6 Å². The lowest BCUT2D eigenvalue weighted by molar-refractivity contribution is 0.963. The molecule has 0 atom stereocenters. The first-order valence-electron chi connectivity index (χ1n) is 5.30. The van der Waals surface area contributed by atoms with Crippen molar-refractivity contribution in [1.82, 2.24) is 9.55 Å². The zero-order valence-electron chi connectivity index (χ0n) is 9.51. The van der Waals surface area contributed by atoms with Gasteiger partial charge in [-0.05, 0) is 29.6 Å². The second-order valence-corrected chi connectivity index (χ2v) is 5.23. The van der Waals surface area contributed by atoms with Crippen molar-refractivity contribution in [2.75, 3.05) is 0 Å². The molecule has 0 unspecified atom stereocenters. The smallest absolute Gasteiger partial charge is 0.152 e. The largest absolute Gasteiger partial charge is 0.326 e. The van der Waals surface area contributed by atoms with Gasteiger partial charge in [0.2, 0.25) is 0 Å². The predicted molar refractivity (Wildman–Crippen MR) is 73.8 cm³/mol. The highest BCUT2D eigenvalue weighted by molar-refractivity contribution is 7.14. The molecule has 0 spiro atoms. The highest BCUT2D eigenvalue weighted by Crippen LogP contribution is 2.34. The molecule has 0 aliphatic heterocycles. The fraction of sp³-hybridized carbons (Fsp3) is 0.0769. The Hall–Kier alpha value is -1.83. The van der Waals surface area contributed by atoms with Gasteiger partial charge in [-0.3, -0.25) is 0 Å². The van der Waals surface area contributed by atoms with Gasteiger partial charge in [0.25, 0.3) is 0 Å². The zero-order valence-corrected chi connectivity index (χ0v) is 11.1. The van der Waals surface area contributed by atoms with Gasteiger partial charge in [0, 0.05) is 7.05 Å². The number of aryl methyl sites for hydroxylation is 1. The van der Waals surface area contributed by atoms with Crippen LogP contribution in [0.25, 0.3) is 21.7 Å². The van der Waals surface area contributed by atoms with E-state index in [1.807, 2.05) is 29.1 Å². The molecule has 5 heteroatoms. The van der Waals surface area contributed by atoms with Crippen LogP contribution in [0.4, 0.5) is 0 Å². The van der Waals surface area contributed by atoms with Gasteiger partial charge in [-0.15, -0.1) is 11.3 Å². The Morgan fingerprint density at radius 2 is 2.22 bits per heavy atom. The number of thiophene rings is 1. The van der Waals surface area contributed by atoms with Crippen LogP contribution in [-0.2, 0) is 7.05 Å². The van der Waals surface area contributed by atoms with E-state index < -0.39 is 0 Å². The van der Waals surface area contributed by atoms with Crippen LogP contribution in [0, 0.1) is 11.3 Å². The minimum atomic E-state index is 0.615. The minimum absolute atomic E-state index is 0.615. The number of hydrogen-bond donors (Lipinski definition) is 0. The maximum atomic E-state index is 8.90. The number of nitrogens with zero attached hydrogens (tertiary/aromatic N) is 3. The van der Waals surface area contributed by atoms with E-state index in [2.05, 4.69) is 11.1 Å². The first-order valence-corrected chi connectivity index (χ1v) is 6.56. The highest BCUT2D eigenvalue weighted by Gasteiger charge is 2.14. The van der Waals surface area contributed by atoms with Gasteiger partial charge in [-0.1, -0.05) is 11.6 Å². The Labute approximate surface area is 113 Å². The summed E-state index contributed by atoms with van der Waals surface area (Å²) in [5.74, 6) is 0.833. The summed E-state index contributed by atoms with van der Waals surface area (Å²) in [5.41, 5.74) is 2.42. The van der Waals surface area contributed by atoms with Gasteiger partial charge >= 0.3 is 0 Å². The summed E-state index contributed by atoms with van der Waals surface area (Å²) in [6, 6.07) is 9.48. The number of rotatable bonds is 1. The van der Waals surface area contributed by atoms with Crippen LogP contribution < -0.4 is 0 Å². The van der Waals surface area contributed by atoms with E-state index in [9.17, 15) is 0 Å². The van der Waals surface area contributed by atoms with E-state index >= 15 is 0 Å². The number of halogens is 1. The third kappa shape index (κ3) is 1.60. The maximum absolute atomic E-state index is 8.90. The van der Waals surface area contributed by atoms with Crippen molar-refractivity contribution in [1.29, 1.82) is 5.26 Å². The molecule has 1 aromatic carbocycles. The summed E-state index contributed by atoms with van der Waals surface area (Å²) in [5, 5.41) is 11.5. The molecule has 0 N–H and O–H groups in total. The van der Waals surface area contributed by atoms with Gasteiger partial charge in [-0.2, -0.15) is 5.26 Å². The van der Waals surface area contributed by atoms with Crippen LogP contribution in [0.15, 0.2) is 29.6 Å². The summed E-state index contributed by atoms with van der Waals surface area (Å²) in [7, 11) is 1.95. The lowest BCUT2D eigenvalue weighted by atomic mass is 10.2. The Bertz CT molecular complexity index is 779. The number of hydrogen-bond acceptors (Lipinski definition) is 3. The Morgan fingerprint density at radius 1 is 1.39 bits per heavy atom. The van der Waals surface area contributed by atoms with Crippen molar-refractivity contribution in [3.05, 3.63) is 40.2 Å². The molecular formula is C13H8ClN3S. The van der Waals surface area contributed by atoms with Crippen LogP contribution in [0.3, 0.4) is 0 Å². The third-order valence-corrected chi connectivity index (χ3v) is 4.17. The van der Waals surface area contributed by atoms with E-state index in [-0.39, 0.29) is 0 Å². The molecule has 0 aliphatic rings.